The molecule has 0 radical (unpaired) electrons. The maximum absolute atomic E-state index is 13.3. The first-order valence-corrected chi connectivity index (χ1v) is 16.2. The molecular weight excluding hydrogens is 503 g/mol. The van der Waals surface area contributed by atoms with E-state index in [9.17, 15) is 19.4 Å². The monoisotopic (exact) mass is 554 g/mol. The van der Waals surface area contributed by atoms with Crippen LogP contribution >= 0.6 is 0 Å². The topological polar surface area (TPSA) is 64.0 Å². The van der Waals surface area contributed by atoms with Gasteiger partial charge in [-0.05, 0) is 128 Å². The van der Waals surface area contributed by atoms with E-state index in [1.165, 1.54) is 37.8 Å². The van der Waals surface area contributed by atoms with Gasteiger partial charge in [0.2, 0.25) is 5.91 Å². The molecule has 4 aliphatic carbocycles. The van der Waals surface area contributed by atoms with Crippen LogP contribution in [0.3, 0.4) is 0 Å². The van der Waals surface area contributed by atoms with E-state index < -0.39 is 0 Å². The Morgan fingerprint density at radius 3 is 2.35 bits per heavy atom. The van der Waals surface area contributed by atoms with Crippen molar-refractivity contribution < 1.29 is 19.4 Å². The summed E-state index contributed by atoms with van der Waals surface area (Å²) in [6.07, 6.45) is 9.79. The molecule has 5 fully saturated rings. The molecule has 0 unspecified atom stereocenters. The number of amides is 1. The molecule has 1 aromatic carbocycles. The molecule has 40 heavy (non-hydrogen) atoms. The van der Waals surface area contributed by atoms with Gasteiger partial charge in [-0.2, -0.15) is 0 Å². The van der Waals surface area contributed by atoms with Gasteiger partial charge >= 0.3 is 0 Å². The van der Waals surface area contributed by atoms with Gasteiger partial charge in [0, 0.05) is 38.3 Å². The molecule has 10 atom stereocenters. The van der Waals surface area contributed by atoms with Crippen molar-refractivity contribution in [2.45, 2.75) is 97.2 Å². The van der Waals surface area contributed by atoms with Gasteiger partial charge in [-0.3, -0.25) is 4.79 Å². The highest BCUT2D eigenvalue weighted by atomic mass is 19.1. The number of aliphatic hydroxyl groups is 2. The number of rotatable bonds is 5. The van der Waals surface area contributed by atoms with Crippen molar-refractivity contribution in [2.24, 2.45) is 46.3 Å². The number of hydrogen-bond acceptors (Lipinski definition) is 4. The average molecular weight is 555 g/mol. The van der Waals surface area contributed by atoms with Crippen molar-refractivity contribution in [1.82, 2.24) is 4.90 Å². The standard InChI is InChI=1S/C34H51FN2O3/c1-22(4-11-31(40)37-18-16-36(17-19-37)25-7-5-24(35)6-8-25)27-9-10-28-32-29(13-15-34(27,28)3)33(2)14-12-26(38)20-23(33)21-30(32)39/h5-8,22-23,26-30,32,38-39H,4,9-21H2,1-3H3/t22-,23+,26-,27-,28+,29+,30+,32+,33+,34-/m1/s1. The van der Waals surface area contributed by atoms with Crippen molar-refractivity contribution in [3.63, 3.8) is 0 Å². The third kappa shape index (κ3) is 4.89. The number of fused-ring (bicyclic) bond motifs is 5. The number of aliphatic hydroxyl groups excluding tert-OH is 2. The van der Waals surface area contributed by atoms with E-state index in [0.29, 0.717) is 41.9 Å². The Kier molecular flexibility index (Phi) is 7.74. The number of nitrogens with zero attached hydrogens (tertiary/aromatic N) is 2. The van der Waals surface area contributed by atoms with E-state index in [2.05, 4.69) is 25.7 Å². The zero-order valence-electron chi connectivity index (χ0n) is 24.9. The molecule has 1 saturated heterocycles. The first-order valence-electron chi connectivity index (χ1n) is 16.2. The van der Waals surface area contributed by atoms with E-state index in [1.54, 1.807) is 0 Å². The van der Waals surface area contributed by atoms with Crippen LogP contribution in [0, 0.1) is 52.2 Å². The van der Waals surface area contributed by atoms with Gasteiger partial charge in [0.1, 0.15) is 5.82 Å². The molecular formula is C34H51FN2O3. The second-order valence-electron chi connectivity index (χ2n) is 14.8. The highest BCUT2D eigenvalue weighted by Gasteiger charge is 2.62. The molecule has 1 aliphatic heterocycles. The van der Waals surface area contributed by atoms with Gasteiger partial charge in [0.05, 0.1) is 12.2 Å². The lowest BCUT2D eigenvalue weighted by atomic mass is 9.43. The maximum atomic E-state index is 13.3. The lowest BCUT2D eigenvalue weighted by Crippen LogP contribution is -2.58. The molecule has 0 spiro atoms. The van der Waals surface area contributed by atoms with E-state index in [1.807, 2.05) is 17.0 Å². The van der Waals surface area contributed by atoms with Gasteiger partial charge in [0.25, 0.3) is 0 Å². The number of benzene rings is 1. The smallest absolute Gasteiger partial charge is 0.222 e. The number of carbonyl (C=O) groups is 1. The summed E-state index contributed by atoms with van der Waals surface area (Å²) in [6, 6.07) is 6.65. The number of carbonyl (C=O) groups excluding carboxylic acids is 1. The van der Waals surface area contributed by atoms with Gasteiger partial charge in [-0.25, -0.2) is 4.39 Å². The maximum Gasteiger partial charge on any atom is 0.222 e. The molecule has 6 rings (SSSR count). The first kappa shape index (κ1) is 28.5. The molecule has 0 bridgehead atoms. The second-order valence-corrected chi connectivity index (χ2v) is 14.8. The molecule has 2 N–H and O–H groups in total. The van der Waals surface area contributed by atoms with Crippen LogP contribution in [0.4, 0.5) is 10.1 Å². The fraction of sp³-hybridized carbons (Fsp3) is 0.794. The Bertz CT molecular complexity index is 1060. The number of anilines is 1. The van der Waals surface area contributed by atoms with Crippen molar-refractivity contribution in [2.75, 3.05) is 31.1 Å². The lowest BCUT2D eigenvalue weighted by molar-refractivity contribution is -0.174. The zero-order chi connectivity index (χ0) is 28.2. The first-order chi connectivity index (χ1) is 19.1. The molecule has 5 nitrogen and oxygen atoms in total. The van der Waals surface area contributed by atoms with Crippen LogP contribution in [-0.4, -0.2) is 59.4 Å². The van der Waals surface area contributed by atoms with Crippen molar-refractivity contribution >= 4 is 11.6 Å². The molecule has 4 saturated carbocycles. The summed E-state index contributed by atoms with van der Waals surface area (Å²) in [4.78, 5) is 17.5. The van der Waals surface area contributed by atoms with Gasteiger partial charge in [-0.1, -0.05) is 20.8 Å². The SMILES string of the molecule is C[C@H](CCC(=O)N1CCN(c2ccc(F)cc2)CC1)[C@H]1CC[C@H]2[C@@H]3[C@@H](O)C[C@@H]4C[C@H](O)CC[C@]4(C)[C@H]3CC[C@]12C. The highest BCUT2D eigenvalue weighted by Crippen LogP contribution is 2.68. The zero-order valence-corrected chi connectivity index (χ0v) is 24.9. The van der Waals surface area contributed by atoms with Gasteiger partial charge in [0.15, 0.2) is 0 Å². The van der Waals surface area contributed by atoms with Crippen LogP contribution in [0.15, 0.2) is 24.3 Å². The summed E-state index contributed by atoms with van der Waals surface area (Å²) in [5.41, 5.74) is 1.54. The van der Waals surface area contributed by atoms with Gasteiger partial charge < -0.3 is 20.0 Å². The predicted molar refractivity (Wildman–Crippen MR) is 156 cm³/mol. The van der Waals surface area contributed by atoms with E-state index in [0.717, 1.165) is 64.0 Å². The minimum Gasteiger partial charge on any atom is -0.393 e. The number of halogens is 1. The van der Waals surface area contributed by atoms with Crippen LogP contribution in [0.1, 0.15) is 85.0 Å². The fourth-order valence-electron chi connectivity index (χ4n) is 10.8. The Hall–Kier alpha value is -1.66. The van der Waals surface area contributed by atoms with E-state index in [4.69, 9.17) is 0 Å². The molecule has 6 heteroatoms. The van der Waals surface area contributed by atoms with E-state index >= 15 is 0 Å². The van der Waals surface area contributed by atoms with Crippen LogP contribution in [0.25, 0.3) is 0 Å². The minimum absolute atomic E-state index is 0.186. The molecule has 1 aromatic rings. The summed E-state index contributed by atoms with van der Waals surface area (Å²) in [5, 5.41) is 21.9. The minimum atomic E-state index is -0.234. The third-order valence-corrected chi connectivity index (χ3v) is 13.1. The van der Waals surface area contributed by atoms with Crippen molar-refractivity contribution in [1.29, 1.82) is 0 Å². The Morgan fingerprint density at radius 2 is 1.62 bits per heavy atom. The van der Waals surface area contributed by atoms with E-state index in [-0.39, 0.29) is 34.8 Å². The molecule has 1 heterocycles. The molecule has 222 valence electrons. The number of piperazine rings is 1. The van der Waals surface area contributed by atoms with Crippen molar-refractivity contribution in [3.8, 4) is 0 Å². The summed E-state index contributed by atoms with van der Waals surface area (Å²) in [6.45, 7) is 10.4. The molecule has 0 aromatic heterocycles. The number of hydrogen-bond donors (Lipinski definition) is 2. The second kappa shape index (κ2) is 10.9. The summed E-state index contributed by atoms with van der Waals surface area (Å²) < 4.78 is 13.3. The molecule has 1 amide bonds. The Labute approximate surface area is 240 Å². The highest BCUT2D eigenvalue weighted by molar-refractivity contribution is 5.76. The summed E-state index contributed by atoms with van der Waals surface area (Å²) >= 11 is 0. The van der Waals surface area contributed by atoms with Crippen LogP contribution in [0.2, 0.25) is 0 Å². The summed E-state index contributed by atoms with van der Waals surface area (Å²) in [5.74, 6) is 3.19. The largest absolute Gasteiger partial charge is 0.393 e. The Morgan fingerprint density at radius 1 is 0.950 bits per heavy atom. The van der Waals surface area contributed by atoms with Crippen molar-refractivity contribution in [3.05, 3.63) is 30.1 Å². The normalized spacial score (nSPS) is 42.1. The third-order valence-electron chi connectivity index (χ3n) is 13.1. The van der Waals surface area contributed by atoms with Crippen LogP contribution in [-0.2, 0) is 4.79 Å². The summed E-state index contributed by atoms with van der Waals surface area (Å²) in [7, 11) is 0. The average Bonchev–Trinajstić information content (AvgIpc) is 3.30. The molecule has 5 aliphatic rings. The quantitative estimate of drug-likeness (QED) is 0.477. The Balaban J connectivity index is 1.04. The fourth-order valence-corrected chi connectivity index (χ4v) is 10.8. The van der Waals surface area contributed by atoms with Crippen LogP contribution < -0.4 is 4.90 Å². The van der Waals surface area contributed by atoms with Crippen LogP contribution in [0.5, 0.6) is 0 Å². The lowest BCUT2D eigenvalue weighted by Gasteiger charge is -2.62. The predicted octanol–water partition coefficient (Wildman–Crippen LogP) is 5.88. The van der Waals surface area contributed by atoms with Gasteiger partial charge in [-0.15, -0.1) is 0 Å².